The molecule has 0 fully saturated rings. The Labute approximate surface area is 119 Å². The second-order valence-corrected chi connectivity index (χ2v) is 5.14. The summed E-state index contributed by atoms with van der Waals surface area (Å²) in [6, 6.07) is 14.7. The van der Waals surface area contributed by atoms with E-state index in [2.05, 4.69) is 15.9 Å². The van der Waals surface area contributed by atoms with Crippen LogP contribution in [-0.4, -0.2) is 11.7 Å². The lowest BCUT2D eigenvalue weighted by Crippen LogP contribution is -2.09. The molecule has 0 heterocycles. The van der Waals surface area contributed by atoms with Crippen molar-refractivity contribution >= 4 is 27.5 Å². The second kappa shape index (κ2) is 6.23. The van der Waals surface area contributed by atoms with Crippen molar-refractivity contribution in [3.8, 4) is 5.75 Å². The van der Waals surface area contributed by atoms with Gasteiger partial charge in [0.1, 0.15) is 18.5 Å². The molecule has 0 bridgehead atoms. The van der Waals surface area contributed by atoms with Crippen molar-refractivity contribution in [1.29, 1.82) is 0 Å². The third-order valence-corrected chi connectivity index (χ3v) is 3.28. The number of halogens is 2. The van der Waals surface area contributed by atoms with E-state index in [1.54, 1.807) is 12.1 Å². The molecule has 1 unspecified atom stereocenters. The number of rotatable bonds is 4. The van der Waals surface area contributed by atoms with Gasteiger partial charge in [-0.15, -0.1) is 0 Å². The molecular formula is C14H12BrClO2. The molecule has 2 aromatic rings. The van der Waals surface area contributed by atoms with Crippen molar-refractivity contribution in [1.82, 2.24) is 0 Å². The third kappa shape index (κ3) is 3.48. The first-order chi connectivity index (χ1) is 8.66. The van der Waals surface area contributed by atoms with E-state index in [0.29, 0.717) is 10.8 Å². The topological polar surface area (TPSA) is 29.5 Å². The average Bonchev–Trinajstić information content (AvgIpc) is 2.40. The largest absolute Gasteiger partial charge is 0.489 e. The van der Waals surface area contributed by atoms with Crippen LogP contribution >= 0.6 is 27.5 Å². The minimum Gasteiger partial charge on any atom is -0.489 e. The van der Waals surface area contributed by atoms with Crippen LogP contribution in [-0.2, 0) is 0 Å². The molecule has 1 atom stereocenters. The lowest BCUT2D eigenvalue weighted by molar-refractivity contribution is 0.108. The molecule has 0 aliphatic rings. The van der Waals surface area contributed by atoms with Crippen molar-refractivity contribution in [2.24, 2.45) is 0 Å². The van der Waals surface area contributed by atoms with Crippen LogP contribution < -0.4 is 4.74 Å². The van der Waals surface area contributed by atoms with Gasteiger partial charge in [-0.1, -0.05) is 57.9 Å². The first kappa shape index (κ1) is 13.4. The first-order valence-corrected chi connectivity index (χ1v) is 6.65. The van der Waals surface area contributed by atoms with E-state index in [4.69, 9.17) is 16.3 Å². The maximum Gasteiger partial charge on any atom is 0.139 e. The van der Waals surface area contributed by atoms with E-state index in [0.717, 1.165) is 10.0 Å². The van der Waals surface area contributed by atoms with Gasteiger partial charge in [0, 0.05) is 4.47 Å². The molecule has 0 aliphatic carbocycles. The standard InChI is InChI=1S/C14H12BrClO2/c15-11-6-7-12(16)14(8-11)18-9-13(17)10-4-2-1-3-5-10/h1-8,13,17H,9H2. The van der Waals surface area contributed by atoms with Crippen LogP contribution in [0.15, 0.2) is 53.0 Å². The number of benzene rings is 2. The van der Waals surface area contributed by atoms with Gasteiger partial charge in [0.2, 0.25) is 0 Å². The highest BCUT2D eigenvalue weighted by atomic mass is 79.9. The molecule has 0 saturated heterocycles. The molecule has 0 aromatic heterocycles. The molecule has 0 radical (unpaired) electrons. The van der Waals surface area contributed by atoms with Gasteiger partial charge in [0.05, 0.1) is 5.02 Å². The molecule has 1 N–H and O–H groups in total. The summed E-state index contributed by atoms with van der Waals surface area (Å²) in [5.41, 5.74) is 0.823. The lowest BCUT2D eigenvalue weighted by Gasteiger charge is -2.13. The molecule has 2 rings (SSSR count). The molecule has 4 heteroatoms. The highest BCUT2D eigenvalue weighted by Crippen LogP contribution is 2.28. The fourth-order valence-corrected chi connectivity index (χ4v) is 2.04. The number of aliphatic hydroxyl groups excluding tert-OH is 1. The lowest BCUT2D eigenvalue weighted by atomic mass is 10.1. The van der Waals surface area contributed by atoms with Gasteiger partial charge >= 0.3 is 0 Å². The molecule has 0 spiro atoms. The van der Waals surface area contributed by atoms with Crippen molar-refractivity contribution in [2.75, 3.05) is 6.61 Å². The average molecular weight is 328 g/mol. The van der Waals surface area contributed by atoms with Crippen LogP contribution in [0.25, 0.3) is 0 Å². The van der Waals surface area contributed by atoms with E-state index in [1.807, 2.05) is 36.4 Å². The number of ether oxygens (including phenoxy) is 1. The van der Waals surface area contributed by atoms with Crippen LogP contribution in [0.4, 0.5) is 0 Å². The highest BCUT2D eigenvalue weighted by Gasteiger charge is 2.09. The summed E-state index contributed by atoms with van der Waals surface area (Å²) in [6.07, 6.45) is -0.666. The highest BCUT2D eigenvalue weighted by molar-refractivity contribution is 9.10. The Morgan fingerprint density at radius 2 is 1.89 bits per heavy atom. The summed E-state index contributed by atoms with van der Waals surface area (Å²) >= 11 is 9.35. The van der Waals surface area contributed by atoms with Crippen LogP contribution in [0.5, 0.6) is 5.75 Å². The monoisotopic (exact) mass is 326 g/mol. The summed E-state index contributed by atoms with van der Waals surface area (Å²) in [7, 11) is 0. The predicted molar refractivity (Wildman–Crippen MR) is 76.0 cm³/mol. The number of hydrogen-bond acceptors (Lipinski definition) is 2. The Kier molecular flexibility index (Phi) is 4.64. The quantitative estimate of drug-likeness (QED) is 0.911. The Bertz CT molecular complexity index is 516. The van der Waals surface area contributed by atoms with Crippen molar-refractivity contribution in [3.63, 3.8) is 0 Å². The van der Waals surface area contributed by atoms with Crippen molar-refractivity contribution in [2.45, 2.75) is 6.10 Å². The van der Waals surface area contributed by atoms with Gasteiger partial charge in [-0.3, -0.25) is 0 Å². The minimum absolute atomic E-state index is 0.167. The normalized spacial score (nSPS) is 12.2. The predicted octanol–water partition coefficient (Wildman–Crippen LogP) is 4.21. The molecule has 0 aliphatic heterocycles. The molecule has 2 nitrogen and oxygen atoms in total. The molecule has 2 aromatic carbocycles. The van der Waals surface area contributed by atoms with Gasteiger partial charge in [-0.2, -0.15) is 0 Å². The minimum atomic E-state index is -0.666. The first-order valence-electron chi connectivity index (χ1n) is 5.47. The number of aliphatic hydroxyl groups is 1. The fraction of sp³-hybridized carbons (Fsp3) is 0.143. The van der Waals surface area contributed by atoms with E-state index < -0.39 is 6.10 Å². The Balaban J connectivity index is 2.01. The van der Waals surface area contributed by atoms with Gasteiger partial charge < -0.3 is 9.84 Å². The van der Waals surface area contributed by atoms with Crippen LogP contribution in [0.2, 0.25) is 5.02 Å². The van der Waals surface area contributed by atoms with Crippen LogP contribution in [0.3, 0.4) is 0 Å². The molecule has 18 heavy (non-hydrogen) atoms. The van der Waals surface area contributed by atoms with Crippen molar-refractivity contribution in [3.05, 3.63) is 63.6 Å². The number of hydrogen-bond donors (Lipinski definition) is 1. The third-order valence-electron chi connectivity index (χ3n) is 2.47. The maximum atomic E-state index is 9.96. The zero-order valence-corrected chi connectivity index (χ0v) is 11.9. The van der Waals surface area contributed by atoms with E-state index >= 15 is 0 Å². The molecule has 0 amide bonds. The van der Waals surface area contributed by atoms with Gasteiger partial charge in [-0.05, 0) is 23.8 Å². The summed E-state index contributed by atoms with van der Waals surface area (Å²) in [5, 5.41) is 10.5. The SMILES string of the molecule is OC(COc1cc(Br)ccc1Cl)c1ccccc1. The summed E-state index contributed by atoms with van der Waals surface area (Å²) in [5.74, 6) is 0.557. The molecule has 94 valence electrons. The summed E-state index contributed by atoms with van der Waals surface area (Å²) < 4.78 is 6.41. The summed E-state index contributed by atoms with van der Waals surface area (Å²) in [4.78, 5) is 0. The smallest absolute Gasteiger partial charge is 0.139 e. The second-order valence-electron chi connectivity index (χ2n) is 3.81. The van der Waals surface area contributed by atoms with E-state index in [-0.39, 0.29) is 6.61 Å². The zero-order chi connectivity index (χ0) is 13.0. The van der Waals surface area contributed by atoms with Crippen LogP contribution in [0.1, 0.15) is 11.7 Å². The van der Waals surface area contributed by atoms with Gasteiger partial charge in [0.15, 0.2) is 0 Å². The fourth-order valence-electron chi connectivity index (χ4n) is 1.53. The van der Waals surface area contributed by atoms with E-state index in [9.17, 15) is 5.11 Å². The Morgan fingerprint density at radius 1 is 1.17 bits per heavy atom. The zero-order valence-electron chi connectivity index (χ0n) is 9.51. The van der Waals surface area contributed by atoms with Crippen LogP contribution in [0, 0.1) is 0 Å². The Morgan fingerprint density at radius 3 is 2.61 bits per heavy atom. The summed E-state index contributed by atoms with van der Waals surface area (Å²) in [6.45, 7) is 0.167. The van der Waals surface area contributed by atoms with Gasteiger partial charge in [-0.25, -0.2) is 0 Å². The Hall–Kier alpha value is -1.03. The molecule has 0 saturated carbocycles. The van der Waals surface area contributed by atoms with Crippen molar-refractivity contribution < 1.29 is 9.84 Å². The van der Waals surface area contributed by atoms with Gasteiger partial charge in [0.25, 0.3) is 0 Å². The van der Waals surface area contributed by atoms with E-state index in [1.165, 1.54) is 0 Å². The molecular weight excluding hydrogens is 316 g/mol. The maximum absolute atomic E-state index is 9.96.